The van der Waals surface area contributed by atoms with Gasteiger partial charge in [-0.05, 0) is 24.6 Å². The number of aliphatic hydroxyl groups excluding tert-OH is 1. The summed E-state index contributed by atoms with van der Waals surface area (Å²) in [6.07, 6.45) is 5.00. The molecule has 0 aliphatic rings. The van der Waals surface area contributed by atoms with Gasteiger partial charge < -0.3 is 15.7 Å². The Hall–Kier alpha value is -0.350. The molecule has 4 heteroatoms. The van der Waals surface area contributed by atoms with E-state index in [1.165, 1.54) is 25.7 Å². The van der Waals surface area contributed by atoms with Gasteiger partial charge in [-0.3, -0.25) is 0 Å². The summed E-state index contributed by atoms with van der Waals surface area (Å²) in [5, 5.41) is 15.4. The lowest BCUT2D eigenvalue weighted by Crippen LogP contribution is -2.39. The quantitative estimate of drug-likeness (QED) is 0.557. The highest BCUT2D eigenvalue weighted by Crippen LogP contribution is 2.10. The monoisotopic (exact) mass is 232 g/mol. The Morgan fingerprint density at radius 1 is 1.33 bits per heavy atom. The lowest BCUT2D eigenvalue weighted by Gasteiger charge is -2.16. The van der Waals surface area contributed by atoms with Crippen LogP contribution in [0.25, 0.3) is 0 Å². The lowest BCUT2D eigenvalue weighted by molar-refractivity contribution is 0.300. The first kappa shape index (κ1) is 14.6. The largest absolute Gasteiger partial charge is 0.395 e. The number of thiocarbonyl (C=S) groups is 1. The molecule has 0 saturated heterocycles. The van der Waals surface area contributed by atoms with Crippen LogP contribution in [0.5, 0.6) is 0 Å². The maximum atomic E-state index is 8.60. The summed E-state index contributed by atoms with van der Waals surface area (Å²) in [6, 6.07) is 0. The zero-order valence-corrected chi connectivity index (χ0v) is 10.7. The highest BCUT2D eigenvalue weighted by molar-refractivity contribution is 7.80. The summed E-state index contributed by atoms with van der Waals surface area (Å²) < 4.78 is 0. The van der Waals surface area contributed by atoms with Crippen LogP contribution >= 0.6 is 12.2 Å². The van der Waals surface area contributed by atoms with E-state index in [9.17, 15) is 0 Å². The summed E-state index contributed by atoms with van der Waals surface area (Å²) in [5.74, 6) is 0.707. The molecular weight excluding hydrogens is 208 g/mol. The van der Waals surface area contributed by atoms with Gasteiger partial charge in [-0.2, -0.15) is 0 Å². The minimum Gasteiger partial charge on any atom is -0.395 e. The zero-order chi connectivity index (χ0) is 11.5. The molecule has 0 saturated carbocycles. The number of rotatable bonds is 8. The van der Waals surface area contributed by atoms with Crippen molar-refractivity contribution < 1.29 is 5.11 Å². The van der Waals surface area contributed by atoms with E-state index in [2.05, 4.69) is 24.5 Å². The fraction of sp³-hybridized carbons (Fsp3) is 0.909. The van der Waals surface area contributed by atoms with Gasteiger partial charge in [0.15, 0.2) is 5.11 Å². The topological polar surface area (TPSA) is 44.3 Å². The van der Waals surface area contributed by atoms with E-state index >= 15 is 0 Å². The van der Waals surface area contributed by atoms with E-state index in [-0.39, 0.29) is 6.61 Å². The lowest BCUT2D eigenvalue weighted by atomic mass is 9.99. The molecule has 0 aliphatic carbocycles. The third kappa shape index (κ3) is 8.63. The maximum Gasteiger partial charge on any atom is 0.166 e. The smallest absolute Gasteiger partial charge is 0.166 e. The first-order valence-electron chi connectivity index (χ1n) is 5.87. The third-order valence-corrected chi connectivity index (χ3v) is 2.78. The van der Waals surface area contributed by atoms with Crippen molar-refractivity contribution in [3.05, 3.63) is 0 Å². The van der Waals surface area contributed by atoms with Crippen LogP contribution in [0.3, 0.4) is 0 Å². The molecule has 0 aromatic carbocycles. The van der Waals surface area contributed by atoms with Crippen molar-refractivity contribution in [3.8, 4) is 0 Å². The fourth-order valence-corrected chi connectivity index (χ4v) is 1.60. The highest BCUT2D eigenvalue weighted by atomic mass is 32.1. The molecule has 0 aromatic heterocycles. The summed E-state index contributed by atoms with van der Waals surface area (Å²) in [5.41, 5.74) is 0. The molecule has 0 bridgehead atoms. The number of unbranched alkanes of at least 4 members (excludes halogenated alkanes) is 1. The van der Waals surface area contributed by atoms with Crippen molar-refractivity contribution in [1.29, 1.82) is 0 Å². The van der Waals surface area contributed by atoms with Crippen molar-refractivity contribution >= 4 is 17.3 Å². The van der Waals surface area contributed by atoms with Crippen LogP contribution in [-0.4, -0.2) is 29.9 Å². The molecule has 0 spiro atoms. The summed E-state index contributed by atoms with van der Waals surface area (Å²) in [7, 11) is 0. The van der Waals surface area contributed by atoms with Gasteiger partial charge >= 0.3 is 0 Å². The van der Waals surface area contributed by atoms with Gasteiger partial charge in [-0.1, -0.05) is 33.1 Å². The normalized spacial score (nSPS) is 12.2. The van der Waals surface area contributed by atoms with Gasteiger partial charge in [0, 0.05) is 13.1 Å². The Morgan fingerprint density at radius 2 is 2.07 bits per heavy atom. The van der Waals surface area contributed by atoms with Crippen LogP contribution in [0.1, 0.15) is 39.5 Å². The van der Waals surface area contributed by atoms with Crippen LogP contribution in [0.4, 0.5) is 0 Å². The van der Waals surface area contributed by atoms with Crippen molar-refractivity contribution in [1.82, 2.24) is 10.6 Å². The van der Waals surface area contributed by atoms with Crippen molar-refractivity contribution in [2.75, 3.05) is 19.7 Å². The van der Waals surface area contributed by atoms with E-state index in [0.29, 0.717) is 17.6 Å². The van der Waals surface area contributed by atoms with Crippen molar-refractivity contribution in [2.45, 2.75) is 39.5 Å². The average Bonchev–Trinajstić information content (AvgIpc) is 2.26. The van der Waals surface area contributed by atoms with E-state index in [1.54, 1.807) is 0 Å². The number of aliphatic hydroxyl groups is 1. The average molecular weight is 232 g/mol. The summed E-state index contributed by atoms with van der Waals surface area (Å²) >= 11 is 5.06. The van der Waals surface area contributed by atoms with Gasteiger partial charge in [0.1, 0.15) is 0 Å². The first-order valence-corrected chi connectivity index (χ1v) is 6.27. The summed E-state index contributed by atoms with van der Waals surface area (Å²) in [4.78, 5) is 0. The zero-order valence-electron chi connectivity index (χ0n) is 9.88. The van der Waals surface area contributed by atoms with Gasteiger partial charge in [-0.25, -0.2) is 0 Å². The van der Waals surface area contributed by atoms with Gasteiger partial charge in [0.25, 0.3) is 0 Å². The molecule has 1 atom stereocenters. The van der Waals surface area contributed by atoms with Gasteiger partial charge in [0.05, 0.1) is 6.61 Å². The fourth-order valence-electron chi connectivity index (χ4n) is 1.41. The molecule has 0 aromatic rings. The first-order chi connectivity index (χ1) is 7.24. The molecule has 15 heavy (non-hydrogen) atoms. The molecule has 0 radical (unpaired) electrons. The molecule has 0 aliphatic heterocycles. The Morgan fingerprint density at radius 3 is 2.60 bits per heavy atom. The van der Waals surface area contributed by atoms with Crippen LogP contribution < -0.4 is 10.6 Å². The van der Waals surface area contributed by atoms with E-state index in [1.807, 2.05) is 0 Å². The molecule has 0 amide bonds. The minimum atomic E-state index is 0.120. The molecular formula is C11H24N2OS. The Kier molecular flexibility index (Phi) is 9.94. The molecule has 0 rings (SSSR count). The second kappa shape index (κ2) is 10.2. The standard InChI is InChI=1S/C11H24N2OS/c1-3-5-6-10(4-2)9-13-11(15)12-7-8-14/h10,14H,3-9H2,1-2H3,(H2,12,13,15)/t10-/m0/s1. The second-order valence-electron chi connectivity index (χ2n) is 3.78. The predicted molar refractivity (Wildman–Crippen MR) is 69.0 cm³/mol. The van der Waals surface area contributed by atoms with Crippen LogP contribution in [0.15, 0.2) is 0 Å². The Bertz CT molecular complexity index is 165. The van der Waals surface area contributed by atoms with E-state index in [0.717, 1.165) is 6.54 Å². The maximum absolute atomic E-state index is 8.60. The second-order valence-corrected chi connectivity index (χ2v) is 4.19. The van der Waals surface area contributed by atoms with E-state index < -0.39 is 0 Å². The minimum absolute atomic E-state index is 0.120. The Labute approximate surface area is 98.6 Å². The molecule has 0 fully saturated rings. The number of hydrogen-bond donors (Lipinski definition) is 3. The SMILES string of the molecule is CCCC[C@H](CC)CNC(=S)NCCO. The van der Waals surface area contributed by atoms with Crippen LogP contribution in [0.2, 0.25) is 0 Å². The highest BCUT2D eigenvalue weighted by Gasteiger charge is 2.05. The predicted octanol–water partition coefficient (Wildman–Crippen LogP) is 1.66. The number of nitrogens with one attached hydrogen (secondary N) is 2. The Balaban J connectivity index is 3.55. The molecule has 90 valence electrons. The summed E-state index contributed by atoms with van der Waals surface area (Å²) in [6.45, 7) is 6.01. The molecule has 0 unspecified atom stereocenters. The molecule has 0 heterocycles. The third-order valence-electron chi connectivity index (χ3n) is 2.49. The van der Waals surface area contributed by atoms with Crippen molar-refractivity contribution in [3.63, 3.8) is 0 Å². The van der Waals surface area contributed by atoms with Crippen LogP contribution in [0, 0.1) is 5.92 Å². The molecule has 3 N–H and O–H groups in total. The van der Waals surface area contributed by atoms with Crippen LogP contribution in [-0.2, 0) is 0 Å². The van der Waals surface area contributed by atoms with Gasteiger partial charge in [0.2, 0.25) is 0 Å². The molecule has 3 nitrogen and oxygen atoms in total. The van der Waals surface area contributed by atoms with Crippen molar-refractivity contribution in [2.24, 2.45) is 5.92 Å². The number of hydrogen-bond acceptors (Lipinski definition) is 2. The van der Waals surface area contributed by atoms with Gasteiger partial charge in [-0.15, -0.1) is 0 Å². The van der Waals surface area contributed by atoms with E-state index in [4.69, 9.17) is 17.3 Å².